The van der Waals surface area contributed by atoms with E-state index in [4.69, 9.17) is 4.74 Å². The lowest BCUT2D eigenvalue weighted by Gasteiger charge is -2.37. The van der Waals surface area contributed by atoms with Gasteiger partial charge in [0.25, 0.3) is 5.91 Å². The number of carbonyl (C=O) groups is 1. The molecule has 31 heavy (non-hydrogen) atoms. The number of morpholine rings is 1. The van der Waals surface area contributed by atoms with Crippen LogP contribution in [0.15, 0.2) is 11.4 Å². The minimum Gasteiger partial charge on any atom is -0.374 e. The molecule has 0 saturated carbocycles. The van der Waals surface area contributed by atoms with Crippen LogP contribution in [0.1, 0.15) is 15.9 Å². The predicted molar refractivity (Wildman–Crippen MR) is 117 cm³/mol. The first-order valence-electron chi connectivity index (χ1n) is 9.88. The molecule has 0 aliphatic carbocycles. The van der Waals surface area contributed by atoms with Gasteiger partial charge >= 0.3 is 6.18 Å². The highest BCUT2D eigenvalue weighted by Gasteiger charge is 2.36. The van der Waals surface area contributed by atoms with Gasteiger partial charge in [-0.05, 0) is 6.07 Å². The van der Waals surface area contributed by atoms with Gasteiger partial charge in [0.15, 0.2) is 0 Å². The van der Waals surface area contributed by atoms with Gasteiger partial charge in [-0.25, -0.2) is 4.98 Å². The molecule has 2 fully saturated rings. The van der Waals surface area contributed by atoms with E-state index in [1.807, 2.05) is 4.90 Å². The SMILES string of the molecule is CNC(=O)c1csc2c(C(F)(F)F)cc(N3CCN(CC4CNCCO4)CC3)nc12.Cl. The lowest BCUT2D eigenvalue weighted by atomic mass is 10.1. The summed E-state index contributed by atoms with van der Waals surface area (Å²) < 4.78 is 46.9. The summed E-state index contributed by atoms with van der Waals surface area (Å²) in [6, 6.07) is 1.11. The Bertz CT molecular complexity index is 912. The van der Waals surface area contributed by atoms with E-state index in [-0.39, 0.29) is 40.1 Å². The predicted octanol–water partition coefficient (Wildman–Crippen LogP) is 2.21. The number of nitrogens with one attached hydrogen (secondary N) is 2. The van der Waals surface area contributed by atoms with Crippen molar-refractivity contribution in [3.05, 3.63) is 22.6 Å². The third-order valence-corrected chi connectivity index (χ3v) is 6.45. The molecule has 2 aliphatic rings. The number of hydrogen-bond acceptors (Lipinski definition) is 7. The molecule has 2 N–H and O–H groups in total. The van der Waals surface area contributed by atoms with E-state index >= 15 is 0 Å². The number of halogens is 4. The van der Waals surface area contributed by atoms with Crippen LogP contribution >= 0.6 is 23.7 Å². The average molecular weight is 480 g/mol. The molecule has 1 atom stereocenters. The fourth-order valence-corrected chi connectivity index (χ4v) is 4.87. The number of aromatic nitrogens is 1. The van der Waals surface area contributed by atoms with E-state index in [1.165, 1.54) is 12.4 Å². The molecule has 0 aromatic carbocycles. The molecule has 0 spiro atoms. The Morgan fingerprint density at radius 3 is 2.71 bits per heavy atom. The second-order valence-electron chi connectivity index (χ2n) is 7.42. The van der Waals surface area contributed by atoms with E-state index in [1.54, 1.807) is 0 Å². The summed E-state index contributed by atoms with van der Waals surface area (Å²) in [5, 5.41) is 7.21. The standard InChI is InChI=1S/C19H24F3N5O2S.ClH/c1-23-18(28)13-11-30-17-14(19(20,21)22)8-15(25-16(13)17)27-5-3-26(4-6-27)10-12-9-24-2-7-29-12;/h8,11-12,24H,2-7,9-10H2,1H3,(H,23,28);1H. The number of pyridine rings is 1. The summed E-state index contributed by atoms with van der Waals surface area (Å²) in [5.74, 6) is -0.182. The first kappa shape index (κ1) is 24.0. The maximum Gasteiger partial charge on any atom is 0.417 e. The van der Waals surface area contributed by atoms with Crippen LogP contribution in [0.3, 0.4) is 0 Å². The van der Waals surface area contributed by atoms with Crippen molar-refractivity contribution in [2.75, 3.05) is 64.4 Å². The molecular weight excluding hydrogens is 455 g/mol. The van der Waals surface area contributed by atoms with Crippen molar-refractivity contribution in [1.29, 1.82) is 0 Å². The van der Waals surface area contributed by atoms with E-state index in [0.717, 1.165) is 37.0 Å². The largest absolute Gasteiger partial charge is 0.417 e. The van der Waals surface area contributed by atoms with Gasteiger partial charge in [-0.15, -0.1) is 23.7 Å². The maximum atomic E-state index is 13.7. The minimum absolute atomic E-state index is 0. The van der Waals surface area contributed by atoms with Crippen LogP contribution in [0, 0.1) is 0 Å². The zero-order chi connectivity index (χ0) is 21.3. The Morgan fingerprint density at radius 2 is 2.10 bits per heavy atom. The van der Waals surface area contributed by atoms with Crippen LogP contribution in [0.25, 0.3) is 10.2 Å². The fraction of sp³-hybridized carbons (Fsp3) is 0.579. The molecular formula is C19H25ClF3N5O2S. The number of anilines is 1. The molecule has 0 bridgehead atoms. The van der Waals surface area contributed by atoms with Crippen LogP contribution in [-0.2, 0) is 10.9 Å². The van der Waals surface area contributed by atoms with Crippen LogP contribution in [0.5, 0.6) is 0 Å². The quantitative estimate of drug-likeness (QED) is 0.701. The second-order valence-corrected chi connectivity index (χ2v) is 8.30. The highest BCUT2D eigenvalue weighted by Crippen LogP contribution is 2.40. The summed E-state index contributed by atoms with van der Waals surface area (Å²) in [5.41, 5.74) is -0.467. The van der Waals surface area contributed by atoms with Gasteiger partial charge in [0.05, 0.1) is 34.1 Å². The minimum atomic E-state index is -4.52. The monoisotopic (exact) mass is 479 g/mol. The maximum absolute atomic E-state index is 13.7. The Labute approximate surface area is 188 Å². The number of fused-ring (bicyclic) bond motifs is 1. The first-order chi connectivity index (χ1) is 14.4. The number of alkyl halides is 3. The van der Waals surface area contributed by atoms with Crippen molar-refractivity contribution in [3.8, 4) is 0 Å². The van der Waals surface area contributed by atoms with E-state index in [2.05, 4.69) is 20.5 Å². The topological polar surface area (TPSA) is 69.7 Å². The van der Waals surface area contributed by atoms with Gasteiger partial charge in [-0.3, -0.25) is 9.69 Å². The van der Waals surface area contributed by atoms with Gasteiger partial charge in [0, 0.05) is 58.2 Å². The number of carbonyl (C=O) groups excluding carboxylic acids is 1. The third-order valence-electron chi connectivity index (χ3n) is 5.45. The smallest absolute Gasteiger partial charge is 0.374 e. The molecule has 12 heteroatoms. The van der Waals surface area contributed by atoms with Gasteiger partial charge < -0.3 is 20.3 Å². The summed E-state index contributed by atoms with van der Waals surface area (Å²) in [6.45, 7) is 5.73. The first-order valence-corrected chi connectivity index (χ1v) is 10.8. The number of amides is 1. The number of hydrogen-bond donors (Lipinski definition) is 2. The van der Waals surface area contributed by atoms with Crippen molar-refractivity contribution >= 4 is 45.7 Å². The van der Waals surface area contributed by atoms with Crippen molar-refractivity contribution in [3.63, 3.8) is 0 Å². The van der Waals surface area contributed by atoms with Crippen LogP contribution in [-0.4, -0.2) is 81.4 Å². The normalized spacial score (nSPS) is 20.5. The highest BCUT2D eigenvalue weighted by atomic mass is 35.5. The number of ether oxygens (including phenoxy) is 1. The molecule has 1 unspecified atom stereocenters. The lowest BCUT2D eigenvalue weighted by molar-refractivity contribution is -0.136. The number of rotatable bonds is 4. The molecule has 2 saturated heterocycles. The molecule has 4 rings (SSSR count). The lowest BCUT2D eigenvalue weighted by Crippen LogP contribution is -2.52. The molecule has 2 aromatic rings. The molecule has 4 heterocycles. The van der Waals surface area contributed by atoms with Crippen LogP contribution < -0.4 is 15.5 Å². The number of thiophene rings is 1. The molecule has 2 aromatic heterocycles. The number of nitrogens with zero attached hydrogens (tertiary/aromatic N) is 3. The second kappa shape index (κ2) is 9.86. The average Bonchev–Trinajstić information content (AvgIpc) is 3.17. The van der Waals surface area contributed by atoms with Crippen molar-refractivity contribution in [2.24, 2.45) is 0 Å². The molecule has 2 aliphatic heterocycles. The molecule has 7 nitrogen and oxygen atoms in total. The van der Waals surface area contributed by atoms with Crippen LogP contribution in [0.2, 0.25) is 0 Å². The highest BCUT2D eigenvalue weighted by molar-refractivity contribution is 7.17. The van der Waals surface area contributed by atoms with Crippen molar-refractivity contribution < 1.29 is 22.7 Å². The summed E-state index contributed by atoms with van der Waals surface area (Å²) in [4.78, 5) is 20.7. The number of piperazine rings is 1. The fourth-order valence-electron chi connectivity index (χ4n) is 3.85. The summed E-state index contributed by atoms with van der Waals surface area (Å²) in [6.07, 6.45) is -4.38. The van der Waals surface area contributed by atoms with Gasteiger partial charge in [-0.1, -0.05) is 0 Å². The van der Waals surface area contributed by atoms with Gasteiger partial charge in [-0.2, -0.15) is 13.2 Å². The van der Waals surface area contributed by atoms with Gasteiger partial charge in [0.1, 0.15) is 5.82 Å². The van der Waals surface area contributed by atoms with Crippen molar-refractivity contribution in [1.82, 2.24) is 20.5 Å². The molecule has 0 radical (unpaired) electrons. The Balaban J connectivity index is 0.00000272. The third kappa shape index (κ3) is 5.23. The molecule has 172 valence electrons. The summed E-state index contributed by atoms with van der Waals surface area (Å²) >= 11 is 0.896. The Morgan fingerprint density at radius 1 is 1.35 bits per heavy atom. The van der Waals surface area contributed by atoms with E-state index in [0.29, 0.717) is 32.8 Å². The zero-order valence-corrected chi connectivity index (χ0v) is 18.6. The van der Waals surface area contributed by atoms with Crippen molar-refractivity contribution in [2.45, 2.75) is 12.3 Å². The Kier molecular flexibility index (Phi) is 7.63. The Hall–Kier alpha value is -1.66. The summed E-state index contributed by atoms with van der Waals surface area (Å²) in [7, 11) is 1.45. The molecule has 1 amide bonds. The van der Waals surface area contributed by atoms with E-state index < -0.39 is 17.6 Å². The van der Waals surface area contributed by atoms with Crippen LogP contribution in [0.4, 0.5) is 19.0 Å². The zero-order valence-electron chi connectivity index (χ0n) is 17.0. The van der Waals surface area contributed by atoms with Gasteiger partial charge in [0.2, 0.25) is 0 Å². The van der Waals surface area contributed by atoms with E-state index in [9.17, 15) is 18.0 Å².